The molecule has 0 aromatic heterocycles. The molecule has 0 unspecified atom stereocenters. The van der Waals surface area contributed by atoms with Gasteiger partial charge in [-0.25, -0.2) is 8.42 Å². The van der Waals surface area contributed by atoms with Crippen LogP contribution in [0.5, 0.6) is 0 Å². The summed E-state index contributed by atoms with van der Waals surface area (Å²) in [7, 11) is -2.07. The molecule has 0 saturated carbocycles. The van der Waals surface area contributed by atoms with Gasteiger partial charge in [0.2, 0.25) is 10.0 Å². The zero-order valence-electron chi connectivity index (χ0n) is 13.5. The molecule has 0 radical (unpaired) electrons. The van der Waals surface area contributed by atoms with Crippen LogP contribution in [0.15, 0.2) is 18.2 Å². The molecule has 2 N–H and O–H groups in total. The van der Waals surface area contributed by atoms with Crippen molar-refractivity contribution in [2.45, 2.75) is 6.42 Å². The second kappa shape index (κ2) is 8.66. The van der Waals surface area contributed by atoms with Crippen molar-refractivity contribution in [3.63, 3.8) is 0 Å². The van der Waals surface area contributed by atoms with Gasteiger partial charge in [-0.15, -0.1) is 0 Å². The number of carbonyl (C=O) groups is 1. The summed E-state index contributed by atoms with van der Waals surface area (Å²) in [6.45, 7) is 3.72. The third kappa shape index (κ3) is 5.62. The Morgan fingerprint density at radius 1 is 1.33 bits per heavy atom. The van der Waals surface area contributed by atoms with E-state index in [0.29, 0.717) is 31.2 Å². The first-order chi connectivity index (χ1) is 11.4. The zero-order valence-corrected chi connectivity index (χ0v) is 15.1. The lowest BCUT2D eigenvalue weighted by molar-refractivity contribution is 0.0381. The zero-order chi connectivity index (χ0) is 17.6. The number of anilines is 1. The second-order valence-corrected chi connectivity index (χ2v) is 7.78. The van der Waals surface area contributed by atoms with Gasteiger partial charge in [-0.1, -0.05) is 11.6 Å². The van der Waals surface area contributed by atoms with Gasteiger partial charge >= 0.3 is 0 Å². The summed E-state index contributed by atoms with van der Waals surface area (Å²) in [5.41, 5.74) is 0.423. The summed E-state index contributed by atoms with van der Waals surface area (Å²) in [5, 5.41) is 2.83. The summed E-state index contributed by atoms with van der Waals surface area (Å²) in [4.78, 5) is 14.0. The smallest absolute Gasteiger partial charge is 0.253 e. The summed E-state index contributed by atoms with van der Waals surface area (Å²) in [6.07, 6.45) is 0.512. The van der Waals surface area contributed by atoms with E-state index in [0.717, 1.165) is 13.1 Å². The van der Waals surface area contributed by atoms with Gasteiger partial charge in [0.25, 0.3) is 5.91 Å². The molecule has 7 nitrogen and oxygen atoms in total. The highest BCUT2D eigenvalue weighted by atomic mass is 35.5. The number of nitrogens with zero attached hydrogens (tertiary/aromatic N) is 1. The second-order valence-electron chi connectivity index (χ2n) is 5.50. The van der Waals surface area contributed by atoms with Gasteiger partial charge in [-0.05, 0) is 31.2 Å². The Hall–Kier alpha value is -1.35. The molecule has 0 spiro atoms. The SMILES string of the molecule is CNC(=O)c1cc(Cl)ccc1NS(=O)(=O)CCCN1CCOCC1. The molecule has 24 heavy (non-hydrogen) atoms. The maximum Gasteiger partial charge on any atom is 0.253 e. The molecule has 1 heterocycles. The Balaban J connectivity index is 1.97. The molecule has 1 aliphatic rings. The first kappa shape index (κ1) is 19.0. The van der Waals surface area contributed by atoms with E-state index in [1.165, 1.54) is 19.2 Å². The number of ether oxygens (including phenoxy) is 1. The van der Waals surface area contributed by atoms with Crippen molar-refractivity contribution in [2.75, 3.05) is 50.4 Å². The Labute approximate surface area is 147 Å². The highest BCUT2D eigenvalue weighted by Crippen LogP contribution is 2.22. The number of rotatable bonds is 7. The average Bonchev–Trinajstić information content (AvgIpc) is 2.56. The topological polar surface area (TPSA) is 87.7 Å². The molecule has 2 rings (SSSR count). The molecule has 0 atom stereocenters. The van der Waals surface area contributed by atoms with Crippen LogP contribution >= 0.6 is 11.6 Å². The fourth-order valence-corrected chi connectivity index (χ4v) is 3.75. The average molecular weight is 376 g/mol. The molecule has 1 aromatic rings. The Bertz CT molecular complexity index is 675. The highest BCUT2D eigenvalue weighted by Gasteiger charge is 2.18. The molecule has 1 saturated heterocycles. The van der Waals surface area contributed by atoms with E-state index in [1.807, 2.05) is 0 Å². The number of nitrogens with one attached hydrogen (secondary N) is 2. The van der Waals surface area contributed by atoms with E-state index in [-0.39, 0.29) is 17.0 Å². The number of sulfonamides is 1. The van der Waals surface area contributed by atoms with Crippen LogP contribution in [0.25, 0.3) is 0 Å². The lowest BCUT2D eigenvalue weighted by Crippen LogP contribution is -2.37. The minimum Gasteiger partial charge on any atom is -0.379 e. The van der Waals surface area contributed by atoms with Crippen LogP contribution in [0.3, 0.4) is 0 Å². The molecular weight excluding hydrogens is 354 g/mol. The van der Waals surface area contributed by atoms with Crippen LogP contribution in [0, 0.1) is 0 Å². The molecule has 9 heteroatoms. The van der Waals surface area contributed by atoms with Crippen LogP contribution in [-0.4, -0.2) is 64.9 Å². The minimum absolute atomic E-state index is 0.0137. The van der Waals surface area contributed by atoms with Crippen molar-refractivity contribution in [3.05, 3.63) is 28.8 Å². The number of amides is 1. The molecule has 1 aromatic carbocycles. The number of morpholine rings is 1. The molecule has 1 amide bonds. The highest BCUT2D eigenvalue weighted by molar-refractivity contribution is 7.92. The maximum absolute atomic E-state index is 12.3. The molecular formula is C15H22ClN3O4S. The fraction of sp³-hybridized carbons (Fsp3) is 0.533. The van der Waals surface area contributed by atoms with E-state index < -0.39 is 15.9 Å². The Kier molecular flexibility index (Phi) is 6.85. The Morgan fingerprint density at radius 3 is 2.71 bits per heavy atom. The van der Waals surface area contributed by atoms with Gasteiger partial charge < -0.3 is 10.1 Å². The van der Waals surface area contributed by atoms with Crippen molar-refractivity contribution in [3.8, 4) is 0 Å². The van der Waals surface area contributed by atoms with E-state index >= 15 is 0 Å². The van der Waals surface area contributed by atoms with Crippen molar-refractivity contribution in [2.24, 2.45) is 0 Å². The first-order valence-electron chi connectivity index (χ1n) is 7.73. The normalized spacial score (nSPS) is 15.9. The summed E-state index contributed by atoms with van der Waals surface area (Å²) in [6, 6.07) is 4.47. The van der Waals surface area contributed by atoms with Crippen LogP contribution < -0.4 is 10.0 Å². The Morgan fingerprint density at radius 2 is 2.04 bits per heavy atom. The first-order valence-corrected chi connectivity index (χ1v) is 9.76. The largest absolute Gasteiger partial charge is 0.379 e. The lowest BCUT2D eigenvalue weighted by Gasteiger charge is -2.26. The van der Waals surface area contributed by atoms with Crippen molar-refractivity contribution in [1.29, 1.82) is 0 Å². The number of hydrogen-bond donors (Lipinski definition) is 2. The van der Waals surface area contributed by atoms with Crippen LogP contribution in [0.2, 0.25) is 5.02 Å². The van der Waals surface area contributed by atoms with Crippen molar-refractivity contribution >= 4 is 33.2 Å². The summed E-state index contributed by atoms with van der Waals surface area (Å²) in [5.74, 6) is -0.413. The minimum atomic E-state index is -3.54. The molecule has 0 bridgehead atoms. The van der Waals surface area contributed by atoms with E-state index in [2.05, 4.69) is 14.9 Å². The lowest BCUT2D eigenvalue weighted by atomic mass is 10.2. The third-order valence-electron chi connectivity index (χ3n) is 3.71. The van der Waals surface area contributed by atoms with Gasteiger partial charge in [0, 0.05) is 25.2 Å². The maximum atomic E-state index is 12.3. The van der Waals surface area contributed by atoms with E-state index in [1.54, 1.807) is 6.07 Å². The summed E-state index contributed by atoms with van der Waals surface area (Å²) >= 11 is 5.89. The van der Waals surface area contributed by atoms with Crippen molar-refractivity contribution < 1.29 is 17.9 Å². The molecule has 134 valence electrons. The fourth-order valence-electron chi connectivity index (χ4n) is 2.45. The molecule has 0 aliphatic carbocycles. The van der Waals surface area contributed by atoms with E-state index in [4.69, 9.17) is 16.3 Å². The van der Waals surface area contributed by atoms with Crippen molar-refractivity contribution in [1.82, 2.24) is 10.2 Å². The third-order valence-corrected chi connectivity index (χ3v) is 5.30. The summed E-state index contributed by atoms with van der Waals surface area (Å²) < 4.78 is 32.3. The van der Waals surface area contributed by atoms with E-state index in [9.17, 15) is 13.2 Å². The molecule has 1 fully saturated rings. The van der Waals surface area contributed by atoms with Gasteiger partial charge in [-0.3, -0.25) is 14.4 Å². The standard InChI is InChI=1S/C15H22ClN3O4S/c1-17-15(20)13-11-12(16)3-4-14(13)18-24(21,22)10-2-5-19-6-8-23-9-7-19/h3-4,11,18H,2,5-10H2,1H3,(H,17,20). The molecule has 1 aliphatic heterocycles. The number of hydrogen-bond acceptors (Lipinski definition) is 5. The van der Waals surface area contributed by atoms with Crippen LogP contribution in [0.1, 0.15) is 16.8 Å². The van der Waals surface area contributed by atoms with Crippen LogP contribution in [0.4, 0.5) is 5.69 Å². The quantitative estimate of drug-likeness (QED) is 0.746. The van der Waals surface area contributed by atoms with Gasteiger partial charge in [0.1, 0.15) is 0 Å². The van der Waals surface area contributed by atoms with Gasteiger partial charge in [-0.2, -0.15) is 0 Å². The van der Waals surface area contributed by atoms with Crippen LogP contribution in [-0.2, 0) is 14.8 Å². The van der Waals surface area contributed by atoms with Gasteiger partial charge in [0.05, 0.1) is 30.2 Å². The predicted molar refractivity (Wildman–Crippen MR) is 94.1 cm³/mol. The number of benzene rings is 1. The number of carbonyl (C=O) groups excluding carboxylic acids is 1. The number of halogens is 1. The predicted octanol–water partition coefficient (Wildman–Crippen LogP) is 1.16. The van der Waals surface area contributed by atoms with Gasteiger partial charge in [0.15, 0.2) is 0 Å². The monoisotopic (exact) mass is 375 g/mol.